The van der Waals surface area contributed by atoms with Crippen molar-refractivity contribution in [2.75, 3.05) is 6.54 Å². The molecular formula is C6H10N2O2. The summed E-state index contributed by atoms with van der Waals surface area (Å²) in [6.45, 7) is 2.23. The van der Waals surface area contributed by atoms with Crippen LogP contribution >= 0.6 is 0 Å². The van der Waals surface area contributed by atoms with Crippen LogP contribution in [0.2, 0.25) is 0 Å². The number of nitrogens with zero attached hydrogens (tertiary/aromatic N) is 1. The molecule has 10 heavy (non-hydrogen) atoms. The van der Waals surface area contributed by atoms with E-state index in [1.165, 1.54) is 17.1 Å². The third-order valence-corrected chi connectivity index (χ3v) is 1.22. The van der Waals surface area contributed by atoms with Gasteiger partial charge >= 0.3 is 0 Å². The van der Waals surface area contributed by atoms with E-state index in [2.05, 4.69) is 0 Å². The SMILES string of the molecule is CCN1C(=O)C=CC1=O.N. The van der Waals surface area contributed by atoms with Crippen LogP contribution in [0.3, 0.4) is 0 Å². The molecular weight excluding hydrogens is 132 g/mol. The van der Waals surface area contributed by atoms with Gasteiger partial charge in [-0.3, -0.25) is 14.5 Å². The van der Waals surface area contributed by atoms with Gasteiger partial charge in [0, 0.05) is 18.7 Å². The first-order valence-electron chi connectivity index (χ1n) is 2.79. The van der Waals surface area contributed by atoms with Gasteiger partial charge in [-0.25, -0.2) is 0 Å². The zero-order chi connectivity index (χ0) is 6.85. The summed E-state index contributed by atoms with van der Waals surface area (Å²) in [5.41, 5.74) is 0. The molecule has 0 unspecified atom stereocenters. The average molecular weight is 142 g/mol. The Morgan fingerprint density at radius 2 is 1.70 bits per heavy atom. The second-order valence-electron chi connectivity index (χ2n) is 1.75. The molecule has 0 atom stereocenters. The van der Waals surface area contributed by atoms with Crippen molar-refractivity contribution in [1.29, 1.82) is 0 Å². The minimum absolute atomic E-state index is 0. The normalized spacial score (nSPS) is 15.9. The van der Waals surface area contributed by atoms with Gasteiger partial charge in [0.2, 0.25) is 0 Å². The maximum atomic E-state index is 10.6. The molecule has 0 radical (unpaired) electrons. The van der Waals surface area contributed by atoms with Gasteiger partial charge in [-0.1, -0.05) is 0 Å². The van der Waals surface area contributed by atoms with Crippen LogP contribution in [-0.4, -0.2) is 23.3 Å². The lowest BCUT2D eigenvalue weighted by atomic mass is 10.5. The molecule has 0 saturated carbocycles. The van der Waals surface area contributed by atoms with E-state index in [0.29, 0.717) is 6.54 Å². The molecule has 0 bridgehead atoms. The molecule has 1 aliphatic heterocycles. The largest absolute Gasteiger partial charge is 0.344 e. The lowest BCUT2D eigenvalue weighted by Gasteiger charge is -2.08. The van der Waals surface area contributed by atoms with E-state index >= 15 is 0 Å². The van der Waals surface area contributed by atoms with Gasteiger partial charge in [-0.05, 0) is 6.92 Å². The number of likely N-dealkylation sites (N-methyl/N-ethyl adjacent to an activating group) is 1. The molecule has 0 fully saturated rings. The molecule has 1 heterocycles. The number of carbonyl (C=O) groups is 2. The van der Waals surface area contributed by atoms with Crippen LogP contribution in [-0.2, 0) is 9.59 Å². The fourth-order valence-electron chi connectivity index (χ4n) is 0.743. The topological polar surface area (TPSA) is 72.4 Å². The van der Waals surface area contributed by atoms with Gasteiger partial charge < -0.3 is 6.15 Å². The van der Waals surface area contributed by atoms with Gasteiger partial charge in [-0.15, -0.1) is 0 Å². The third-order valence-electron chi connectivity index (χ3n) is 1.22. The maximum absolute atomic E-state index is 10.6. The highest BCUT2D eigenvalue weighted by molar-refractivity contribution is 6.12. The molecule has 0 saturated heterocycles. The zero-order valence-electron chi connectivity index (χ0n) is 5.83. The van der Waals surface area contributed by atoms with Gasteiger partial charge in [0.15, 0.2) is 0 Å². The van der Waals surface area contributed by atoms with Gasteiger partial charge in [0.05, 0.1) is 0 Å². The summed E-state index contributed by atoms with van der Waals surface area (Å²) in [6.07, 6.45) is 2.57. The van der Waals surface area contributed by atoms with E-state index in [-0.39, 0.29) is 18.0 Å². The second kappa shape index (κ2) is 3.12. The van der Waals surface area contributed by atoms with Crippen LogP contribution in [0.4, 0.5) is 0 Å². The Morgan fingerprint density at radius 1 is 1.30 bits per heavy atom. The van der Waals surface area contributed by atoms with Crippen LogP contribution in [0.5, 0.6) is 0 Å². The molecule has 0 aliphatic carbocycles. The van der Waals surface area contributed by atoms with E-state index in [0.717, 1.165) is 0 Å². The standard InChI is InChI=1S/C6H7NO2.H3N/c1-2-7-5(8)3-4-6(7)9;/h3-4H,2H2,1H3;1H3. The first-order valence-corrected chi connectivity index (χ1v) is 2.79. The summed E-state index contributed by atoms with van der Waals surface area (Å²) in [6, 6.07) is 0. The van der Waals surface area contributed by atoms with Crippen molar-refractivity contribution in [3.8, 4) is 0 Å². The Morgan fingerprint density at radius 3 is 1.90 bits per heavy atom. The fourth-order valence-corrected chi connectivity index (χ4v) is 0.743. The molecule has 0 aromatic heterocycles. The monoisotopic (exact) mass is 142 g/mol. The lowest BCUT2D eigenvalue weighted by molar-refractivity contribution is -0.136. The Hall–Kier alpha value is -1.16. The van der Waals surface area contributed by atoms with E-state index in [1.54, 1.807) is 6.92 Å². The molecule has 1 aliphatic rings. The van der Waals surface area contributed by atoms with E-state index in [9.17, 15) is 9.59 Å². The van der Waals surface area contributed by atoms with Crippen molar-refractivity contribution < 1.29 is 9.59 Å². The molecule has 0 spiro atoms. The molecule has 4 heteroatoms. The van der Waals surface area contributed by atoms with Crippen molar-refractivity contribution in [1.82, 2.24) is 11.1 Å². The smallest absolute Gasteiger partial charge is 0.253 e. The molecule has 0 aromatic carbocycles. The first-order chi connectivity index (χ1) is 4.25. The summed E-state index contributed by atoms with van der Waals surface area (Å²) >= 11 is 0. The summed E-state index contributed by atoms with van der Waals surface area (Å²) < 4.78 is 0. The van der Waals surface area contributed by atoms with Crippen LogP contribution in [0.15, 0.2) is 12.2 Å². The molecule has 4 nitrogen and oxygen atoms in total. The molecule has 56 valence electrons. The van der Waals surface area contributed by atoms with Crippen LogP contribution in [0.25, 0.3) is 0 Å². The van der Waals surface area contributed by atoms with Crippen LogP contribution < -0.4 is 6.15 Å². The van der Waals surface area contributed by atoms with E-state index in [4.69, 9.17) is 0 Å². The van der Waals surface area contributed by atoms with Crippen molar-refractivity contribution in [2.45, 2.75) is 6.92 Å². The Kier molecular flexibility index (Phi) is 2.76. The van der Waals surface area contributed by atoms with Crippen LogP contribution in [0.1, 0.15) is 6.92 Å². The highest BCUT2D eigenvalue weighted by Crippen LogP contribution is 2.00. The predicted molar refractivity (Wildman–Crippen MR) is 36.6 cm³/mol. The quantitative estimate of drug-likeness (QED) is 0.527. The van der Waals surface area contributed by atoms with Gasteiger partial charge in [0.1, 0.15) is 0 Å². The first kappa shape index (κ1) is 8.84. The zero-order valence-corrected chi connectivity index (χ0v) is 5.83. The Labute approximate surface area is 59.1 Å². The van der Waals surface area contributed by atoms with Crippen molar-refractivity contribution in [3.63, 3.8) is 0 Å². The summed E-state index contributed by atoms with van der Waals surface area (Å²) in [5.74, 6) is -0.412. The maximum Gasteiger partial charge on any atom is 0.253 e. The van der Waals surface area contributed by atoms with E-state index in [1.807, 2.05) is 0 Å². The van der Waals surface area contributed by atoms with Crippen molar-refractivity contribution in [2.24, 2.45) is 0 Å². The summed E-state index contributed by atoms with van der Waals surface area (Å²) in [4.78, 5) is 22.4. The van der Waals surface area contributed by atoms with Crippen molar-refractivity contribution in [3.05, 3.63) is 12.2 Å². The van der Waals surface area contributed by atoms with E-state index < -0.39 is 0 Å². The number of hydrogen-bond acceptors (Lipinski definition) is 3. The third kappa shape index (κ3) is 1.22. The van der Waals surface area contributed by atoms with Crippen LogP contribution in [0, 0.1) is 0 Å². The number of rotatable bonds is 1. The van der Waals surface area contributed by atoms with Gasteiger partial charge in [-0.2, -0.15) is 0 Å². The molecule has 3 N–H and O–H groups in total. The minimum atomic E-state index is -0.206. The highest BCUT2D eigenvalue weighted by atomic mass is 16.2. The number of carbonyl (C=O) groups excluding carboxylic acids is 2. The Bertz CT molecular complexity index is 168. The average Bonchev–Trinajstić information content (AvgIpc) is 2.12. The fraction of sp³-hybridized carbons (Fsp3) is 0.333. The minimum Gasteiger partial charge on any atom is -0.344 e. The number of imide groups is 1. The molecule has 1 rings (SSSR count). The number of hydrogen-bond donors (Lipinski definition) is 1. The predicted octanol–water partition coefficient (Wildman–Crippen LogP) is 0.0933. The number of amides is 2. The Balaban J connectivity index is 0.000000810. The molecule has 2 amide bonds. The van der Waals surface area contributed by atoms with Crippen molar-refractivity contribution >= 4 is 11.8 Å². The van der Waals surface area contributed by atoms with Gasteiger partial charge in [0.25, 0.3) is 11.8 Å². The second-order valence-corrected chi connectivity index (χ2v) is 1.75. The summed E-state index contributed by atoms with van der Waals surface area (Å²) in [7, 11) is 0. The lowest BCUT2D eigenvalue weighted by Crippen LogP contribution is -2.29. The highest BCUT2D eigenvalue weighted by Gasteiger charge is 2.20. The molecule has 0 aromatic rings. The summed E-state index contributed by atoms with van der Waals surface area (Å²) in [5, 5.41) is 0.